The average molecular weight is 358 g/mol. The SMILES string of the molecule is CC(O)(Cc1cccc(F)c1)Cc1ccc(Br)cc1Cl. The largest absolute Gasteiger partial charge is 0.389 e. The van der Waals surface area contributed by atoms with Gasteiger partial charge >= 0.3 is 0 Å². The number of halogens is 3. The van der Waals surface area contributed by atoms with E-state index in [1.807, 2.05) is 12.1 Å². The van der Waals surface area contributed by atoms with Gasteiger partial charge in [-0.1, -0.05) is 45.7 Å². The molecule has 1 atom stereocenters. The van der Waals surface area contributed by atoms with Crippen LogP contribution in [0.4, 0.5) is 4.39 Å². The van der Waals surface area contributed by atoms with Gasteiger partial charge in [0.25, 0.3) is 0 Å². The van der Waals surface area contributed by atoms with Crippen LogP contribution < -0.4 is 0 Å². The molecule has 2 aromatic rings. The molecule has 0 spiro atoms. The van der Waals surface area contributed by atoms with Gasteiger partial charge in [-0.3, -0.25) is 0 Å². The first-order chi connectivity index (χ1) is 9.35. The Morgan fingerprint density at radius 3 is 2.60 bits per heavy atom. The summed E-state index contributed by atoms with van der Waals surface area (Å²) < 4.78 is 14.1. The van der Waals surface area contributed by atoms with Crippen molar-refractivity contribution in [2.75, 3.05) is 0 Å². The third-order valence-electron chi connectivity index (χ3n) is 3.06. The predicted molar refractivity (Wildman–Crippen MR) is 83.6 cm³/mol. The maximum atomic E-state index is 13.2. The van der Waals surface area contributed by atoms with E-state index in [0.29, 0.717) is 17.9 Å². The van der Waals surface area contributed by atoms with Crippen LogP contribution in [0.1, 0.15) is 18.1 Å². The fourth-order valence-electron chi connectivity index (χ4n) is 2.22. The first-order valence-corrected chi connectivity index (χ1v) is 7.44. The van der Waals surface area contributed by atoms with Crippen LogP contribution in [0.15, 0.2) is 46.9 Å². The highest BCUT2D eigenvalue weighted by Crippen LogP contribution is 2.26. The highest BCUT2D eigenvalue weighted by atomic mass is 79.9. The Kier molecular flexibility index (Phi) is 4.84. The molecule has 0 bridgehead atoms. The van der Waals surface area contributed by atoms with Gasteiger partial charge < -0.3 is 5.11 Å². The van der Waals surface area contributed by atoms with Gasteiger partial charge in [0.15, 0.2) is 0 Å². The second-order valence-corrected chi connectivity index (χ2v) is 6.54. The molecule has 4 heteroatoms. The van der Waals surface area contributed by atoms with Crippen LogP contribution in [-0.2, 0) is 12.8 Å². The quantitative estimate of drug-likeness (QED) is 0.835. The molecule has 0 fully saturated rings. The van der Waals surface area contributed by atoms with E-state index in [9.17, 15) is 9.50 Å². The topological polar surface area (TPSA) is 20.2 Å². The van der Waals surface area contributed by atoms with E-state index in [-0.39, 0.29) is 5.82 Å². The van der Waals surface area contributed by atoms with Crippen molar-refractivity contribution in [3.8, 4) is 0 Å². The van der Waals surface area contributed by atoms with E-state index in [1.54, 1.807) is 25.1 Å². The van der Waals surface area contributed by atoms with Crippen LogP contribution in [-0.4, -0.2) is 10.7 Å². The zero-order valence-corrected chi connectivity index (χ0v) is 13.4. The van der Waals surface area contributed by atoms with Crippen molar-refractivity contribution in [2.24, 2.45) is 0 Å². The van der Waals surface area contributed by atoms with E-state index >= 15 is 0 Å². The molecule has 0 aliphatic heterocycles. The second kappa shape index (κ2) is 6.25. The van der Waals surface area contributed by atoms with Gasteiger partial charge in [0, 0.05) is 22.3 Å². The van der Waals surface area contributed by atoms with Gasteiger partial charge in [0.05, 0.1) is 5.60 Å². The number of hydrogen-bond donors (Lipinski definition) is 1. The van der Waals surface area contributed by atoms with Crippen molar-refractivity contribution in [1.82, 2.24) is 0 Å². The molecule has 106 valence electrons. The lowest BCUT2D eigenvalue weighted by atomic mass is 9.90. The van der Waals surface area contributed by atoms with Crippen LogP contribution in [0.5, 0.6) is 0 Å². The maximum absolute atomic E-state index is 13.2. The Morgan fingerprint density at radius 1 is 1.20 bits per heavy atom. The summed E-state index contributed by atoms with van der Waals surface area (Å²) in [7, 11) is 0. The van der Waals surface area contributed by atoms with Crippen molar-refractivity contribution < 1.29 is 9.50 Å². The first kappa shape index (κ1) is 15.5. The lowest BCUT2D eigenvalue weighted by molar-refractivity contribution is 0.0608. The Bertz CT molecular complexity index is 613. The summed E-state index contributed by atoms with van der Waals surface area (Å²) in [5, 5.41) is 11.1. The van der Waals surface area contributed by atoms with E-state index in [0.717, 1.165) is 15.6 Å². The van der Waals surface area contributed by atoms with Gasteiger partial charge in [-0.2, -0.15) is 0 Å². The molecule has 2 aromatic carbocycles. The van der Waals surface area contributed by atoms with Crippen LogP contribution in [0.2, 0.25) is 5.02 Å². The molecule has 1 nitrogen and oxygen atoms in total. The standard InChI is InChI=1S/C16H15BrClFO/c1-16(20,9-11-3-2-4-14(19)7-11)10-12-5-6-13(17)8-15(12)18/h2-8,20H,9-10H2,1H3. The van der Waals surface area contributed by atoms with E-state index in [4.69, 9.17) is 11.6 Å². The average Bonchev–Trinajstić information content (AvgIpc) is 2.32. The lowest BCUT2D eigenvalue weighted by Gasteiger charge is -2.24. The van der Waals surface area contributed by atoms with E-state index in [2.05, 4.69) is 15.9 Å². The molecule has 0 aliphatic rings. The molecule has 0 saturated heterocycles. The first-order valence-electron chi connectivity index (χ1n) is 6.26. The minimum absolute atomic E-state index is 0.292. The predicted octanol–water partition coefficient (Wildman–Crippen LogP) is 4.78. The van der Waals surface area contributed by atoms with Crippen molar-refractivity contribution in [2.45, 2.75) is 25.4 Å². The molecular weight excluding hydrogens is 343 g/mol. The molecule has 1 N–H and O–H groups in total. The monoisotopic (exact) mass is 356 g/mol. The Hall–Kier alpha value is -0.900. The highest BCUT2D eigenvalue weighted by Gasteiger charge is 2.23. The summed E-state index contributed by atoms with van der Waals surface area (Å²) in [6, 6.07) is 11.9. The lowest BCUT2D eigenvalue weighted by Crippen LogP contribution is -2.30. The summed E-state index contributed by atoms with van der Waals surface area (Å²) in [5.41, 5.74) is 0.658. The zero-order chi connectivity index (χ0) is 14.8. The molecule has 0 heterocycles. The molecule has 0 saturated carbocycles. The molecule has 20 heavy (non-hydrogen) atoms. The van der Waals surface area contributed by atoms with Gasteiger partial charge in [-0.05, 0) is 42.3 Å². The molecule has 1 unspecified atom stereocenters. The van der Waals surface area contributed by atoms with Crippen molar-refractivity contribution in [3.63, 3.8) is 0 Å². The Labute approximate surface area is 131 Å². The number of hydrogen-bond acceptors (Lipinski definition) is 1. The maximum Gasteiger partial charge on any atom is 0.123 e. The number of benzene rings is 2. The minimum Gasteiger partial charge on any atom is -0.389 e. The van der Waals surface area contributed by atoms with Crippen molar-refractivity contribution in [3.05, 3.63) is 68.9 Å². The third kappa shape index (κ3) is 4.30. The summed E-state index contributed by atoms with van der Waals surface area (Å²) in [4.78, 5) is 0. The molecule has 0 aromatic heterocycles. The zero-order valence-electron chi connectivity index (χ0n) is 11.0. The summed E-state index contributed by atoms with van der Waals surface area (Å²) >= 11 is 9.51. The second-order valence-electron chi connectivity index (χ2n) is 5.22. The van der Waals surface area contributed by atoms with Crippen LogP contribution in [0, 0.1) is 5.82 Å². The molecule has 0 amide bonds. The summed E-state index contributed by atoms with van der Waals surface area (Å²) in [6.45, 7) is 1.73. The normalized spacial score (nSPS) is 14.1. The smallest absolute Gasteiger partial charge is 0.123 e. The van der Waals surface area contributed by atoms with Crippen LogP contribution >= 0.6 is 27.5 Å². The van der Waals surface area contributed by atoms with Gasteiger partial charge in [0.2, 0.25) is 0 Å². The number of aliphatic hydroxyl groups is 1. The Balaban J connectivity index is 2.14. The van der Waals surface area contributed by atoms with Gasteiger partial charge in [-0.15, -0.1) is 0 Å². The van der Waals surface area contributed by atoms with Crippen LogP contribution in [0.3, 0.4) is 0 Å². The van der Waals surface area contributed by atoms with E-state index in [1.165, 1.54) is 12.1 Å². The Morgan fingerprint density at radius 2 is 1.95 bits per heavy atom. The molecule has 2 rings (SSSR count). The molecular formula is C16H15BrClFO. The van der Waals surface area contributed by atoms with E-state index < -0.39 is 5.60 Å². The third-order valence-corrected chi connectivity index (χ3v) is 3.91. The minimum atomic E-state index is -0.981. The highest BCUT2D eigenvalue weighted by molar-refractivity contribution is 9.10. The summed E-state index contributed by atoms with van der Waals surface area (Å²) in [6.07, 6.45) is 0.785. The molecule has 0 aliphatic carbocycles. The van der Waals surface area contributed by atoms with Crippen molar-refractivity contribution >= 4 is 27.5 Å². The fraction of sp³-hybridized carbons (Fsp3) is 0.250. The van der Waals surface area contributed by atoms with Crippen molar-refractivity contribution in [1.29, 1.82) is 0 Å². The fourth-order valence-corrected chi connectivity index (χ4v) is 2.96. The number of rotatable bonds is 4. The summed E-state index contributed by atoms with van der Waals surface area (Å²) in [5.74, 6) is -0.292. The van der Waals surface area contributed by atoms with Gasteiger partial charge in [0.1, 0.15) is 5.82 Å². The van der Waals surface area contributed by atoms with Crippen LogP contribution in [0.25, 0.3) is 0 Å². The van der Waals surface area contributed by atoms with Gasteiger partial charge in [-0.25, -0.2) is 4.39 Å². The molecule has 0 radical (unpaired) electrons.